The summed E-state index contributed by atoms with van der Waals surface area (Å²) in [7, 11) is 0. The highest BCUT2D eigenvalue weighted by molar-refractivity contribution is 5.98. The van der Waals surface area contributed by atoms with E-state index in [0.29, 0.717) is 30.3 Å². The van der Waals surface area contributed by atoms with Crippen LogP contribution in [-0.4, -0.2) is 59.6 Å². The van der Waals surface area contributed by atoms with Crippen molar-refractivity contribution in [3.05, 3.63) is 35.4 Å². The Labute approximate surface area is 139 Å². The SMILES string of the molecule is O=C(O)CC1CN(C(=O)c2ccc(C(=O)NC3CC3)cc2)CCO1. The number of carbonyl (C=O) groups is 3. The van der Waals surface area contributed by atoms with Crippen LogP contribution in [0.4, 0.5) is 0 Å². The van der Waals surface area contributed by atoms with Gasteiger partial charge in [-0.05, 0) is 37.1 Å². The number of carboxylic acids is 1. The average Bonchev–Trinajstić information content (AvgIpc) is 3.38. The van der Waals surface area contributed by atoms with E-state index in [0.717, 1.165) is 12.8 Å². The minimum atomic E-state index is -0.944. The zero-order chi connectivity index (χ0) is 17.1. The molecule has 128 valence electrons. The lowest BCUT2D eigenvalue weighted by molar-refractivity contribution is -0.141. The number of carboxylic acid groups (broad SMARTS) is 1. The number of aliphatic carboxylic acids is 1. The lowest BCUT2D eigenvalue weighted by Crippen LogP contribution is -2.46. The number of benzene rings is 1. The van der Waals surface area contributed by atoms with Crippen LogP contribution in [0.25, 0.3) is 0 Å². The van der Waals surface area contributed by atoms with Gasteiger partial charge in [-0.2, -0.15) is 0 Å². The van der Waals surface area contributed by atoms with Crippen LogP contribution in [0, 0.1) is 0 Å². The molecule has 0 bridgehead atoms. The van der Waals surface area contributed by atoms with Crippen LogP contribution in [0.1, 0.15) is 40.0 Å². The number of nitrogens with zero attached hydrogens (tertiary/aromatic N) is 1. The second kappa shape index (κ2) is 7.00. The third kappa shape index (κ3) is 4.11. The van der Waals surface area contributed by atoms with Crippen LogP contribution in [-0.2, 0) is 9.53 Å². The molecular weight excluding hydrogens is 312 g/mol. The lowest BCUT2D eigenvalue weighted by atomic mass is 10.1. The molecule has 2 aliphatic rings. The maximum absolute atomic E-state index is 12.5. The second-order valence-electron chi connectivity index (χ2n) is 6.17. The van der Waals surface area contributed by atoms with Crippen molar-refractivity contribution in [2.45, 2.75) is 31.4 Å². The topological polar surface area (TPSA) is 95.9 Å². The van der Waals surface area contributed by atoms with Gasteiger partial charge in [-0.25, -0.2) is 0 Å². The van der Waals surface area contributed by atoms with Crippen LogP contribution in [0.3, 0.4) is 0 Å². The van der Waals surface area contributed by atoms with E-state index < -0.39 is 12.1 Å². The highest BCUT2D eigenvalue weighted by Gasteiger charge is 2.27. The van der Waals surface area contributed by atoms with Crippen molar-refractivity contribution in [3.63, 3.8) is 0 Å². The van der Waals surface area contributed by atoms with Crippen molar-refractivity contribution in [2.24, 2.45) is 0 Å². The summed E-state index contributed by atoms with van der Waals surface area (Å²) in [5.74, 6) is -1.24. The van der Waals surface area contributed by atoms with Gasteiger partial charge in [0.1, 0.15) is 0 Å². The van der Waals surface area contributed by atoms with Gasteiger partial charge in [-0.1, -0.05) is 0 Å². The number of hydrogen-bond donors (Lipinski definition) is 2. The lowest BCUT2D eigenvalue weighted by Gasteiger charge is -2.32. The molecule has 3 rings (SSSR count). The molecule has 1 aromatic carbocycles. The Morgan fingerprint density at radius 2 is 1.83 bits per heavy atom. The highest BCUT2D eigenvalue weighted by atomic mass is 16.5. The molecule has 0 spiro atoms. The molecule has 1 aliphatic carbocycles. The van der Waals surface area contributed by atoms with Crippen molar-refractivity contribution in [2.75, 3.05) is 19.7 Å². The van der Waals surface area contributed by atoms with Crippen molar-refractivity contribution in [1.82, 2.24) is 10.2 Å². The maximum atomic E-state index is 12.5. The van der Waals surface area contributed by atoms with Gasteiger partial charge in [0.25, 0.3) is 11.8 Å². The third-order valence-corrected chi connectivity index (χ3v) is 4.13. The van der Waals surface area contributed by atoms with E-state index in [2.05, 4.69) is 5.32 Å². The second-order valence-corrected chi connectivity index (χ2v) is 6.17. The fraction of sp³-hybridized carbons (Fsp3) is 0.471. The fourth-order valence-corrected chi connectivity index (χ4v) is 2.67. The van der Waals surface area contributed by atoms with Crippen LogP contribution in [0.5, 0.6) is 0 Å². The Bertz CT molecular complexity index is 639. The molecule has 24 heavy (non-hydrogen) atoms. The molecule has 1 unspecified atom stereocenters. The summed E-state index contributed by atoms with van der Waals surface area (Å²) in [4.78, 5) is 36.8. The Balaban J connectivity index is 1.61. The maximum Gasteiger partial charge on any atom is 0.306 e. The first-order chi connectivity index (χ1) is 11.5. The van der Waals surface area contributed by atoms with Gasteiger partial charge < -0.3 is 20.1 Å². The van der Waals surface area contributed by atoms with Gasteiger partial charge >= 0.3 is 5.97 Å². The Morgan fingerprint density at radius 3 is 2.46 bits per heavy atom. The van der Waals surface area contributed by atoms with E-state index in [-0.39, 0.29) is 24.8 Å². The predicted octanol–water partition coefficient (Wildman–Crippen LogP) is 0.894. The minimum absolute atomic E-state index is 0.121. The van der Waals surface area contributed by atoms with Gasteiger partial charge in [0.2, 0.25) is 0 Å². The Morgan fingerprint density at radius 1 is 1.17 bits per heavy atom. The van der Waals surface area contributed by atoms with E-state index in [9.17, 15) is 14.4 Å². The Kier molecular flexibility index (Phi) is 4.80. The summed E-state index contributed by atoms with van der Waals surface area (Å²) in [5.41, 5.74) is 1.01. The summed E-state index contributed by atoms with van der Waals surface area (Å²) in [5, 5.41) is 11.7. The number of carbonyl (C=O) groups excluding carboxylic acids is 2. The molecule has 2 N–H and O–H groups in total. The predicted molar refractivity (Wildman–Crippen MR) is 84.8 cm³/mol. The zero-order valence-corrected chi connectivity index (χ0v) is 13.2. The largest absolute Gasteiger partial charge is 0.481 e. The van der Waals surface area contributed by atoms with Crippen LogP contribution >= 0.6 is 0 Å². The summed E-state index contributed by atoms with van der Waals surface area (Å²) in [6.07, 6.45) is 1.45. The molecule has 1 aliphatic heterocycles. The van der Waals surface area contributed by atoms with Crippen molar-refractivity contribution in [1.29, 1.82) is 0 Å². The molecule has 7 heteroatoms. The minimum Gasteiger partial charge on any atom is -0.481 e. The van der Waals surface area contributed by atoms with E-state index in [1.807, 2.05) is 0 Å². The normalized spacial score (nSPS) is 20.5. The molecule has 1 saturated heterocycles. The number of morpholine rings is 1. The Hall–Kier alpha value is -2.41. The number of amides is 2. The number of rotatable bonds is 5. The van der Waals surface area contributed by atoms with Gasteiger partial charge in [0.05, 0.1) is 19.1 Å². The summed E-state index contributed by atoms with van der Waals surface area (Å²) >= 11 is 0. The van der Waals surface area contributed by atoms with Crippen LogP contribution in [0.2, 0.25) is 0 Å². The summed E-state index contributed by atoms with van der Waals surface area (Å²) < 4.78 is 5.37. The molecule has 0 aromatic heterocycles. The summed E-state index contributed by atoms with van der Waals surface area (Å²) in [6, 6.07) is 6.83. The van der Waals surface area contributed by atoms with Gasteiger partial charge in [0, 0.05) is 30.3 Å². The zero-order valence-electron chi connectivity index (χ0n) is 13.2. The standard InChI is InChI=1S/C17H20N2O5/c20-15(21)9-14-10-19(7-8-24-14)17(23)12-3-1-11(2-4-12)16(22)18-13-5-6-13/h1-4,13-14H,5-10H2,(H,18,22)(H,20,21). The number of ether oxygens (including phenoxy) is 1. The first-order valence-corrected chi connectivity index (χ1v) is 8.06. The first-order valence-electron chi connectivity index (χ1n) is 8.06. The quantitative estimate of drug-likeness (QED) is 0.835. The third-order valence-electron chi connectivity index (χ3n) is 4.13. The van der Waals surface area contributed by atoms with Gasteiger partial charge in [-0.15, -0.1) is 0 Å². The van der Waals surface area contributed by atoms with E-state index in [4.69, 9.17) is 9.84 Å². The highest BCUT2D eigenvalue weighted by Crippen LogP contribution is 2.19. The van der Waals surface area contributed by atoms with Crippen molar-refractivity contribution in [3.8, 4) is 0 Å². The molecule has 1 saturated carbocycles. The molecule has 2 fully saturated rings. The molecule has 7 nitrogen and oxygen atoms in total. The van der Waals surface area contributed by atoms with Gasteiger partial charge in [0.15, 0.2) is 0 Å². The van der Waals surface area contributed by atoms with E-state index in [1.54, 1.807) is 29.2 Å². The summed E-state index contributed by atoms with van der Waals surface area (Å²) in [6.45, 7) is 1.01. The van der Waals surface area contributed by atoms with E-state index >= 15 is 0 Å². The molecular formula is C17H20N2O5. The fourth-order valence-electron chi connectivity index (χ4n) is 2.67. The molecule has 2 amide bonds. The number of nitrogens with one attached hydrogen (secondary N) is 1. The van der Waals surface area contributed by atoms with Crippen LogP contribution < -0.4 is 5.32 Å². The van der Waals surface area contributed by atoms with E-state index in [1.165, 1.54) is 0 Å². The molecule has 1 aromatic rings. The van der Waals surface area contributed by atoms with Crippen LogP contribution in [0.15, 0.2) is 24.3 Å². The van der Waals surface area contributed by atoms with Crippen molar-refractivity contribution >= 4 is 17.8 Å². The van der Waals surface area contributed by atoms with Crippen molar-refractivity contribution < 1.29 is 24.2 Å². The molecule has 0 radical (unpaired) electrons. The molecule has 1 atom stereocenters. The molecule has 1 heterocycles. The van der Waals surface area contributed by atoms with Gasteiger partial charge in [-0.3, -0.25) is 14.4 Å². The smallest absolute Gasteiger partial charge is 0.306 e. The monoisotopic (exact) mass is 332 g/mol. The average molecular weight is 332 g/mol. The first kappa shape index (κ1) is 16.4. The number of hydrogen-bond acceptors (Lipinski definition) is 4.